The maximum Gasteiger partial charge on any atom is 0.328 e. The minimum Gasteiger partial charge on any atom is -0.478 e. The summed E-state index contributed by atoms with van der Waals surface area (Å²) in [6, 6.07) is 5.89. The van der Waals surface area contributed by atoms with Crippen molar-refractivity contribution in [2.45, 2.75) is 13.8 Å². The van der Waals surface area contributed by atoms with E-state index in [-0.39, 0.29) is 0 Å². The SMILES string of the molecule is CCN(CC)c1ccc(Br)cc1/C=C/C(=O)O. The first-order valence-electron chi connectivity index (χ1n) is 5.54. The van der Waals surface area contributed by atoms with E-state index in [2.05, 4.69) is 34.7 Å². The Morgan fingerprint density at radius 1 is 1.41 bits per heavy atom. The Morgan fingerprint density at radius 2 is 2.06 bits per heavy atom. The van der Waals surface area contributed by atoms with Gasteiger partial charge in [0.05, 0.1) is 0 Å². The van der Waals surface area contributed by atoms with Gasteiger partial charge in [0.1, 0.15) is 0 Å². The van der Waals surface area contributed by atoms with Crippen LogP contribution >= 0.6 is 15.9 Å². The molecule has 4 heteroatoms. The normalized spacial score (nSPS) is 10.8. The van der Waals surface area contributed by atoms with Crippen LogP contribution in [0.2, 0.25) is 0 Å². The van der Waals surface area contributed by atoms with E-state index < -0.39 is 5.97 Å². The summed E-state index contributed by atoms with van der Waals surface area (Å²) in [5.74, 6) is -0.935. The molecule has 1 aromatic rings. The van der Waals surface area contributed by atoms with E-state index in [1.54, 1.807) is 6.08 Å². The van der Waals surface area contributed by atoms with Crippen molar-refractivity contribution in [2.75, 3.05) is 18.0 Å². The zero-order chi connectivity index (χ0) is 12.8. The highest BCUT2D eigenvalue weighted by Crippen LogP contribution is 2.25. The van der Waals surface area contributed by atoms with Crippen LogP contribution in [0.4, 0.5) is 5.69 Å². The summed E-state index contributed by atoms with van der Waals surface area (Å²) in [5.41, 5.74) is 1.96. The van der Waals surface area contributed by atoms with E-state index in [4.69, 9.17) is 5.11 Å². The van der Waals surface area contributed by atoms with E-state index in [1.807, 2.05) is 18.2 Å². The van der Waals surface area contributed by atoms with Gasteiger partial charge in [0.25, 0.3) is 0 Å². The van der Waals surface area contributed by atoms with Crippen molar-refractivity contribution in [1.82, 2.24) is 0 Å². The van der Waals surface area contributed by atoms with Gasteiger partial charge >= 0.3 is 5.97 Å². The molecule has 0 amide bonds. The second kappa shape index (κ2) is 6.45. The molecule has 0 aromatic heterocycles. The topological polar surface area (TPSA) is 40.5 Å². The molecule has 0 aliphatic rings. The van der Waals surface area contributed by atoms with Crippen LogP contribution in [-0.2, 0) is 4.79 Å². The standard InChI is InChI=1S/C13H16BrNO2/c1-3-15(4-2)12-7-6-11(14)9-10(12)5-8-13(16)17/h5-9H,3-4H2,1-2H3,(H,16,17)/b8-5+. The number of halogens is 1. The summed E-state index contributed by atoms with van der Waals surface area (Å²) in [6.45, 7) is 5.95. The molecular weight excluding hydrogens is 282 g/mol. The summed E-state index contributed by atoms with van der Waals surface area (Å²) in [5, 5.41) is 8.68. The first-order valence-corrected chi connectivity index (χ1v) is 6.33. The highest BCUT2D eigenvalue weighted by atomic mass is 79.9. The predicted molar refractivity (Wildman–Crippen MR) is 74.4 cm³/mol. The van der Waals surface area contributed by atoms with E-state index in [1.165, 1.54) is 0 Å². The van der Waals surface area contributed by atoms with E-state index in [9.17, 15) is 4.79 Å². The molecular formula is C13H16BrNO2. The lowest BCUT2D eigenvalue weighted by Crippen LogP contribution is -2.22. The minimum atomic E-state index is -0.935. The molecule has 0 spiro atoms. The number of benzene rings is 1. The third-order valence-electron chi connectivity index (χ3n) is 2.50. The van der Waals surface area contributed by atoms with Crippen molar-refractivity contribution in [3.63, 3.8) is 0 Å². The van der Waals surface area contributed by atoms with Gasteiger partial charge in [-0.25, -0.2) is 4.79 Å². The first kappa shape index (κ1) is 13.8. The lowest BCUT2D eigenvalue weighted by molar-refractivity contribution is -0.131. The number of carbonyl (C=O) groups is 1. The zero-order valence-electron chi connectivity index (χ0n) is 9.98. The molecule has 92 valence electrons. The van der Waals surface area contributed by atoms with Crippen LogP contribution in [-0.4, -0.2) is 24.2 Å². The van der Waals surface area contributed by atoms with Crippen molar-refractivity contribution in [3.05, 3.63) is 34.3 Å². The highest BCUT2D eigenvalue weighted by Gasteiger charge is 2.07. The molecule has 3 nitrogen and oxygen atoms in total. The maximum atomic E-state index is 10.6. The number of hydrogen-bond donors (Lipinski definition) is 1. The van der Waals surface area contributed by atoms with Crippen LogP contribution in [0.3, 0.4) is 0 Å². The minimum absolute atomic E-state index is 0.895. The Morgan fingerprint density at radius 3 is 2.59 bits per heavy atom. The van der Waals surface area contributed by atoms with Gasteiger partial charge in [0, 0.05) is 29.3 Å². The number of hydrogen-bond acceptors (Lipinski definition) is 2. The Hall–Kier alpha value is -1.29. The molecule has 0 saturated carbocycles. The van der Waals surface area contributed by atoms with Crippen molar-refractivity contribution in [2.24, 2.45) is 0 Å². The van der Waals surface area contributed by atoms with Gasteiger partial charge in [0.2, 0.25) is 0 Å². The Bertz CT molecular complexity index is 425. The molecule has 0 unspecified atom stereocenters. The fourth-order valence-electron chi connectivity index (χ4n) is 1.67. The molecule has 0 atom stereocenters. The summed E-state index contributed by atoms with van der Waals surface area (Å²) in [4.78, 5) is 12.8. The molecule has 0 fully saturated rings. The van der Waals surface area contributed by atoms with Gasteiger partial charge in [-0.2, -0.15) is 0 Å². The number of rotatable bonds is 5. The molecule has 0 aliphatic heterocycles. The average molecular weight is 298 g/mol. The van der Waals surface area contributed by atoms with Crippen molar-refractivity contribution >= 4 is 33.7 Å². The molecule has 0 saturated heterocycles. The zero-order valence-corrected chi connectivity index (χ0v) is 11.6. The molecule has 17 heavy (non-hydrogen) atoms. The van der Waals surface area contributed by atoms with Gasteiger partial charge in [-0.05, 0) is 43.7 Å². The lowest BCUT2D eigenvalue weighted by atomic mass is 10.1. The third-order valence-corrected chi connectivity index (χ3v) is 2.99. The number of anilines is 1. The number of carboxylic acids is 1. The first-order chi connectivity index (χ1) is 8.08. The maximum absolute atomic E-state index is 10.6. The quantitative estimate of drug-likeness (QED) is 0.847. The fraction of sp³-hybridized carbons (Fsp3) is 0.308. The number of aliphatic carboxylic acids is 1. The van der Waals surface area contributed by atoms with E-state index in [0.717, 1.165) is 34.9 Å². The van der Waals surface area contributed by atoms with Crippen LogP contribution in [0.1, 0.15) is 19.4 Å². The lowest BCUT2D eigenvalue weighted by Gasteiger charge is -2.23. The average Bonchev–Trinajstić information content (AvgIpc) is 2.30. The van der Waals surface area contributed by atoms with Gasteiger partial charge in [-0.1, -0.05) is 15.9 Å². The predicted octanol–water partition coefficient (Wildman–Crippen LogP) is 3.39. The van der Waals surface area contributed by atoms with Crippen molar-refractivity contribution in [1.29, 1.82) is 0 Å². The van der Waals surface area contributed by atoms with E-state index in [0.29, 0.717) is 0 Å². The molecule has 0 bridgehead atoms. The third kappa shape index (κ3) is 3.89. The van der Waals surface area contributed by atoms with Crippen LogP contribution in [0.5, 0.6) is 0 Å². The van der Waals surface area contributed by atoms with Crippen LogP contribution in [0.15, 0.2) is 28.7 Å². The molecule has 0 aliphatic carbocycles. The van der Waals surface area contributed by atoms with Gasteiger partial charge in [-0.15, -0.1) is 0 Å². The monoisotopic (exact) mass is 297 g/mol. The van der Waals surface area contributed by atoms with Gasteiger partial charge in [-0.3, -0.25) is 0 Å². The molecule has 1 aromatic carbocycles. The van der Waals surface area contributed by atoms with E-state index >= 15 is 0 Å². The second-order valence-electron chi connectivity index (χ2n) is 3.55. The fourth-order valence-corrected chi connectivity index (χ4v) is 2.05. The van der Waals surface area contributed by atoms with Gasteiger partial charge < -0.3 is 10.0 Å². The molecule has 0 heterocycles. The molecule has 1 rings (SSSR count). The smallest absolute Gasteiger partial charge is 0.328 e. The summed E-state index contributed by atoms with van der Waals surface area (Å²) < 4.78 is 0.943. The molecule has 0 radical (unpaired) electrons. The summed E-state index contributed by atoms with van der Waals surface area (Å²) in [7, 11) is 0. The Balaban J connectivity index is 3.15. The van der Waals surface area contributed by atoms with Crippen LogP contribution < -0.4 is 4.90 Å². The molecule has 1 N–H and O–H groups in total. The largest absolute Gasteiger partial charge is 0.478 e. The summed E-state index contributed by atoms with van der Waals surface area (Å²) in [6.07, 6.45) is 2.79. The van der Waals surface area contributed by atoms with Crippen LogP contribution in [0.25, 0.3) is 6.08 Å². The van der Waals surface area contributed by atoms with Crippen molar-refractivity contribution in [3.8, 4) is 0 Å². The second-order valence-corrected chi connectivity index (χ2v) is 4.46. The summed E-state index contributed by atoms with van der Waals surface area (Å²) >= 11 is 3.40. The number of carboxylic acid groups (broad SMARTS) is 1. The van der Waals surface area contributed by atoms with Crippen molar-refractivity contribution < 1.29 is 9.90 Å². The van der Waals surface area contributed by atoms with Gasteiger partial charge in [0.15, 0.2) is 0 Å². The highest BCUT2D eigenvalue weighted by molar-refractivity contribution is 9.10. The Labute approximate surface area is 110 Å². The van der Waals surface area contributed by atoms with Crippen LogP contribution in [0, 0.1) is 0 Å². The Kier molecular flexibility index (Phi) is 5.22. The number of nitrogens with zero attached hydrogens (tertiary/aromatic N) is 1.